The topological polar surface area (TPSA) is 38.1 Å². The highest BCUT2D eigenvalue weighted by atomic mass is 32.1. The molecule has 0 aliphatic carbocycles. The zero-order chi connectivity index (χ0) is 13.2. The maximum absolute atomic E-state index is 5.62. The van der Waals surface area contributed by atoms with E-state index < -0.39 is 0 Å². The molecule has 1 atom stereocenters. The lowest BCUT2D eigenvalue weighted by molar-refractivity contribution is 0.562. The Bertz CT molecular complexity index is 686. The fourth-order valence-electron chi connectivity index (χ4n) is 2.31. The molecule has 4 heteroatoms. The minimum Gasteiger partial charge on any atom is -0.464 e. The zero-order valence-corrected chi connectivity index (χ0v) is 11.8. The average Bonchev–Trinajstić information content (AvgIpc) is 3.02. The summed E-state index contributed by atoms with van der Waals surface area (Å²) in [5.41, 5.74) is 3.23. The van der Waals surface area contributed by atoms with E-state index in [1.165, 1.54) is 10.9 Å². The summed E-state index contributed by atoms with van der Waals surface area (Å²) in [4.78, 5) is 4.54. The number of likely N-dealkylation sites (N-methyl/N-ethyl adjacent to an activating group) is 1. The zero-order valence-electron chi connectivity index (χ0n) is 11.0. The van der Waals surface area contributed by atoms with Gasteiger partial charge in [-0.2, -0.15) is 0 Å². The summed E-state index contributed by atoms with van der Waals surface area (Å²) in [6, 6.07) is 8.37. The molecule has 0 aliphatic rings. The minimum atomic E-state index is 0.231. The first-order valence-electron chi connectivity index (χ1n) is 6.32. The van der Waals surface area contributed by atoms with Crippen LogP contribution in [0.25, 0.3) is 11.0 Å². The van der Waals surface area contributed by atoms with Crippen LogP contribution in [0.3, 0.4) is 0 Å². The number of nitrogens with zero attached hydrogens (tertiary/aromatic N) is 1. The average molecular weight is 272 g/mol. The van der Waals surface area contributed by atoms with Crippen molar-refractivity contribution in [2.45, 2.75) is 19.4 Å². The van der Waals surface area contributed by atoms with Gasteiger partial charge in [-0.1, -0.05) is 18.2 Å². The van der Waals surface area contributed by atoms with Crippen LogP contribution in [0.5, 0.6) is 0 Å². The molecule has 0 saturated heterocycles. The summed E-state index contributed by atoms with van der Waals surface area (Å²) < 4.78 is 5.62. The molecule has 19 heavy (non-hydrogen) atoms. The van der Waals surface area contributed by atoms with Gasteiger partial charge >= 0.3 is 0 Å². The number of thiazole rings is 1. The number of nitrogens with one attached hydrogen (secondary N) is 1. The van der Waals surface area contributed by atoms with Crippen molar-refractivity contribution in [3.05, 3.63) is 52.2 Å². The molecule has 1 N–H and O–H groups in total. The third-order valence-electron chi connectivity index (χ3n) is 3.28. The van der Waals surface area contributed by atoms with Gasteiger partial charge in [-0.05, 0) is 20.0 Å². The van der Waals surface area contributed by atoms with Gasteiger partial charge in [-0.15, -0.1) is 11.3 Å². The second-order valence-corrected chi connectivity index (χ2v) is 5.56. The number of rotatable bonds is 4. The van der Waals surface area contributed by atoms with Crippen LogP contribution in [0.4, 0.5) is 0 Å². The lowest BCUT2D eigenvalue weighted by Crippen LogP contribution is -2.18. The van der Waals surface area contributed by atoms with E-state index in [4.69, 9.17) is 4.42 Å². The predicted molar refractivity (Wildman–Crippen MR) is 78.6 cm³/mol. The number of benzene rings is 1. The van der Waals surface area contributed by atoms with Crippen LogP contribution in [0.15, 0.2) is 40.3 Å². The van der Waals surface area contributed by atoms with Gasteiger partial charge in [0.15, 0.2) is 0 Å². The second kappa shape index (κ2) is 5.15. The van der Waals surface area contributed by atoms with Crippen LogP contribution in [-0.4, -0.2) is 12.0 Å². The Morgan fingerprint density at radius 2 is 2.21 bits per heavy atom. The molecule has 0 aliphatic heterocycles. The van der Waals surface area contributed by atoms with Crippen molar-refractivity contribution in [3.63, 3.8) is 0 Å². The molecular weight excluding hydrogens is 256 g/mol. The highest BCUT2D eigenvalue weighted by Gasteiger charge is 2.17. The van der Waals surface area contributed by atoms with E-state index in [2.05, 4.69) is 21.7 Å². The Morgan fingerprint density at radius 3 is 2.95 bits per heavy atom. The van der Waals surface area contributed by atoms with Gasteiger partial charge in [0.1, 0.15) is 5.58 Å². The maximum Gasteiger partial charge on any atom is 0.134 e. The maximum atomic E-state index is 5.62. The van der Waals surface area contributed by atoms with Crippen molar-refractivity contribution in [2.75, 3.05) is 7.05 Å². The van der Waals surface area contributed by atoms with Gasteiger partial charge in [0.25, 0.3) is 0 Å². The lowest BCUT2D eigenvalue weighted by atomic mass is 10.0. The third kappa shape index (κ3) is 2.41. The molecule has 0 amide bonds. The number of hydrogen-bond donors (Lipinski definition) is 1. The summed E-state index contributed by atoms with van der Waals surface area (Å²) in [6.07, 6.45) is 2.74. The van der Waals surface area contributed by atoms with E-state index in [1.54, 1.807) is 11.3 Å². The molecule has 0 bridgehead atoms. The van der Waals surface area contributed by atoms with Crippen molar-refractivity contribution in [2.24, 2.45) is 0 Å². The van der Waals surface area contributed by atoms with Crippen molar-refractivity contribution in [1.82, 2.24) is 10.3 Å². The van der Waals surface area contributed by atoms with Crippen molar-refractivity contribution in [3.8, 4) is 0 Å². The molecule has 1 unspecified atom stereocenters. The highest BCUT2D eigenvalue weighted by molar-refractivity contribution is 7.09. The van der Waals surface area contributed by atoms with E-state index >= 15 is 0 Å². The Hall–Kier alpha value is -1.65. The van der Waals surface area contributed by atoms with Crippen LogP contribution in [0, 0.1) is 6.92 Å². The Labute approximate surface area is 116 Å². The molecule has 3 rings (SSSR count). The third-order valence-corrected chi connectivity index (χ3v) is 4.27. The Kier molecular flexibility index (Phi) is 3.36. The van der Waals surface area contributed by atoms with E-state index in [1.807, 2.05) is 38.4 Å². The molecule has 0 radical (unpaired) electrons. The molecule has 3 aromatic rings. The van der Waals surface area contributed by atoms with Gasteiger partial charge in [0.05, 0.1) is 11.3 Å². The van der Waals surface area contributed by atoms with Crippen LogP contribution in [0.1, 0.15) is 22.3 Å². The summed E-state index contributed by atoms with van der Waals surface area (Å²) in [6.45, 7) is 2.03. The van der Waals surface area contributed by atoms with E-state index in [9.17, 15) is 0 Å². The molecule has 0 fully saturated rings. The van der Waals surface area contributed by atoms with Gasteiger partial charge in [0.2, 0.25) is 0 Å². The van der Waals surface area contributed by atoms with Crippen LogP contribution in [-0.2, 0) is 6.42 Å². The number of fused-ring (bicyclic) bond motifs is 1. The van der Waals surface area contributed by atoms with Gasteiger partial charge in [-0.25, -0.2) is 4.98 Å². The normalized spacial score (nSPS) is 12.9. The van der Waals surface area contributed by atoms with Gasteiger partial charge < -0.3 is 9.73 Å². The summed E-state index contributed by atoms with van der Waals surface area (Å²) in [5.74, 6) is 0. The second-order valence-electron chi connectivity index (χ2n) is 4.62. The number of aromatic nitrogens is 1. The van der Waals surface area contributed by atoms with Crippen LogP contribution < -0.4 is 5.32 Å². The fraction of sp³-hybridized carbons (Fsp3) is 0.267. The number of furan rings is 1. The molecule has 3 nitrogen and oxygen atoms in total. The highest BCUT2D eigenvalue weighted by Crippen LogP contribution is 2.28. The Balaban J connectivity index is 1.93. The van der Waals surface area contributed by atoms with E-state index in [-0.39, 0.29) is 6.04 Å². The quantitative estimate of drug-likeness (QED) is 0.787. The summed E-state index contributed by atoms with van der Waals surface area (Å²) in [5, 5.41) is 7.78. The fourth-order valence-corrected chi connectivity index (χ4v) is 3.13. The standard InChI is InChI=1S/C15H16N2OS/c1-10-9-19-15(17-10)7-13(16-2)12-8-18-14-6-4-3-5-11(12)14/h3-6,8-9,13,16H,7H2,1-2H3. The van der Waals surface area contributed by atoms with Crippen molar-refractivity contribution >= 4 is 22.3 Å². The Morgan fingerprint density at radius 1 is 1.37 bits per heavy atom. The van der Waals surface area contributed by atoms with Crippen LogP contribution >= 0.6 is 11.3 Å². The monoisotopic (exact) mass is 272 g/mol. The number of hydrogen-bond acceptors (Lipinski definition) is 4. The first kappa shape index (κ1) is 12.4. The molecule has 1 aromatic carbocycles. The molecule has 2 heterocycles. The number of aryl methyl sites for hydroxylation is 1. The molecule has 0 spiro atoms. The molecule has 98 valence electrons. The SMILES string of the molecule is CNC(Cc1nc(C)cs1)c1coc2ccccc12. The van der Waals surface area contributed by atoms with E-state index in [0.717, 1.165) is 22.7 Å². The van der Waals surface area contributed by atoms with E-state index in [0.29, 0.717) is 0 Å². The summed E-state index contributed by atoms with van der Waals surface area (Å²) in [7, 11) is 1.98. The lowest BCUT2D eigenvalue weighted by Gasteiger charge is -2.13. The molecule has 2 aromatic heterocycles. The van der Waals surface area contributed by atoms with Gasteiger partial charge in [0, 0.05) is 34.5 Å². The first-order valence-corrected chi connectivity index (χ1v) is 7.20. The van der Waals surface area contributed by atoms with Crippen LogP contribution in [0.2, 0.25) is 0 Å². The largest absolute Gasteiger partial charge is 0.464 e. The minimum absolute atomic E-state index is 0.231. The van der Waals surface area contributed by atoms with Crippen molar-refractivity contribution < 1.29 is 4.42 Å². The number of para-hydroxylation sites is 1. The predicted octanol–water partition coefficient (Wildman–Crippen LogP) is 3.70. The van der Waals surface area contributed by atoms with Gasteiger partial charge in [-0.3, -0.25) is 0 Å². The van der Waals surface area contributed by atoms with Crippen molar-refractivity contribution in [1.29, 1.82) is 0 Å². The summed E-state index contributed by atoms with van der Waals surface area (Å²) >= 11 is 1.71. The molecule has 0 saturated carbocycles. The first-order chi connectivity index (χ1) is 9.28. The smallest absolute Gasteiger partial charge is 0.134 e. The molecular formula is C15H16N2OS.